The van der Waals surface area contributed by atoms with E-state index in [4.69, 9.17) is 15.0 Å². The third-order valence-electron chi connectivity index (χ3n) is 4.00. The third kappa shape index (κ3) is 2.81. The molecule has 0 amide bonds. The van der Waals surface area contributed by atoms with E-state index >= 15 is 0 Å². The predicted molar refractivity (Wildman–Crippen MR) is 80.7 cm³/mol. The summed E-state index contributed by atoms with van der Waals surface area (Å²) in [5, 5.41) is 0. The fourth-order valence-electron chi connectivity index (χ4n) is 2.06. The first-order chi connectivity index (χ1) is 9.12. The van der Waals surface area contributed by atoms with Crippen molar-refractivity contribution in [2.45, 2.75) is 59.2 Å². The van der Waals surface area contributed by atoms with E-state index in [0.29, 0.717) is 17.2 Å². The first-order valence-electron chi connectivity index (χ1n) is 7.09. The molecule has 20 heavy (non-hydrogen) atoms. The number of anilines is 1. The van der Waals surface area contributed by atoms with Crippen LogP contribution in [0.5, 0.6) is 0 Å². The van der Waals surface area contributed by atoms with Gasteiger partial charge in [0.1, 0.15) is 11.6 Å². The molecule has 2 rings (SSSR count). The van der Waals surface area contributed by atoms with Crippen LogP contribution in [0.15, 0.2) is 6.20 Å². The van der Waals surface area contributed by atoms with E-state index in [1.807, 2.05) is 27.7 Å². The summed E-state index contributed by atoms with van der Waals surface area (Å²) in [6.07, 6.45) is 2.54. The van der Waals surface area contributed by atoms with Gasteiger partial charge in [-0.25, -0.2) is 9.97 Å². The standard InChI is InChI=1S/C14H24BN3O2/c1-9(2)7-11-17-8-10(12(16)18-11)15-19-13(3,4)14(5,6)20-15/h8-9H,7H2,1-6H3,(H2,16,17,18). The molecular formula is C14H24BN3O2. The van der Waals surface area contributed by atoms with E-state index < -0.39 is 7.12 Å². The largest absolute Gasteiger partial charge is 0.500 e. The molecule has 0 spiro atoms. The number of hydrogen-bond acceptors (Lipinski definition) is 5. The van der Waals surface area contributed by atoms with Crippen LogP contribution in [0.1, 0.15) is 47.4 Å². The first-order valence-corrected chi connectivity index (χ1v) is 7.09. The van der Waals surface area contributed by atoms with Crippen LogP contribution < -0.4 is 11.2 Å². The number of nitrogens with zero attached hydrogens (tertiary/aromatic N) is 2. The molecule has 110 valence electrons. The zero-order valence-electron chi connectivity index (χ0n) is 13.2. The summed E-state index contributed by atoms with van der Waals surface area (Å²) in [7, 11) is -0.506. The Kier molecular flexibility index (Phi) is 3.82. The Bertz CT molecular complexity index is 487. The van der Waals surface area contributed by atoms with E-state index in [-0.39, 0.29) is 11.2 Å². The molecule has 2 N–H and O–H groups in total. The molecule has 1 aromatic rings. The van der Waals surface area contributed by atoms with Crippen LogP contribution in [0.3, 0.4) is 0 Å². The van der Waals surface area contributed by atoms with Gasteiger partial charge >= 0.3 is 7.12 Å². The summed E-state index contributed by atoms with van der Waals surface area (Å²) in [5.74, 6) is 1.70. The highest BCUT2D eigenvalue weighted by atomic mass is 16.7. The van der Waals surface area contributed by atoms with Gasteiger partial charge in [-0.3, -0.25) is 0 Å². The van der Waals surface area contributed by atoms with Crippen molar-refractivity contribution >= 4 is 18.4 Å². The second-order valence-corrected chi connectivity index (χ2v) is 6.81. The average molecular weight is 277 g/mol. The van der Waals surface area contributed by atoms with Crippen molar-refractivity contribution in [3.05, 3.63) is 12.0 Å². The highest BCUT2D eigenvalue weighted by Crippen LogP contribution is 2.36. The van der Waals surface area contributed by atoms with Crippen LogP contribution in [0, 0.1) is 5.92 Å². The lowest BCUT2D eigenvalue weighted by atomic mass is 9.80. The summed E-state index contributed by atoms with van der Waals surface area (Å²) < 4.78 is 11.9. The number of hydrogen-bond donors (Lipinski definition) is 1. The second-order valence-electron chi connectivity index (χ2n) is 6.81. The summed E-state index contributed by atoms with van der Waals surface area (Å²) in [4.78, 5) is 8.73. The molecule has 1 aromatic heterocycles. The lowest BCUT2D eigenvalue weighted by Crippen LogP contribution is -2.41. The predicted octanol–water partition coefficient (Wildman–Crippen LogP) is 1.56. The maximum absolute atomic E-state index is 6.04. The van der Waals surface area contributed by atoms with Crippen LogP contribution in [-0.4, -0.2) is 28.3 Å². The Morgan fingerprint density at radius 2 is 1.75 bits per heavy atom. The van der Waals surface area contributed by atoms with Gasteiger partial charge in [-0.05, 0) is 33.6 Å². The molecule has 1 fully saturated rings. The minimum Gasteiger partial charge on any atom is -0.399 e. The van der Waals surface area contributed by atoms with E-state index in [0.717, 1.165) is 12.2 Å². The maximum atomic E-state index is 6.04. The van der Waals surface area contributed by atoms with Gasteiger partial charge in [-0.2, -0.15) is 0 Å². The minimum atomic E-state index is -0.506. The summed E-state index contributed by atoms with van der Waals surface area (Å²) in [5.41, 5.74) is 5.97. The topological polar surface area (TPSA) is 70.3 Å². The minimum absolute atomic E-state index is 0.388. The van der Waals surface area contributed by atoms with Gasteiger partial charge in [0.15, 0.2) is 0 Å². The Labute approximate surface area is 121 Å². The molecule has 0 radical (unpaired) electrons. The monoisotopic (exact) mass is 277 g/mol. The summed E-state index contributed by atoms with van der Waals surface area (Å²) >= 11 is 0. The molecule has 6 heteroatoms. The Morgan fingerprint density at radius 3 is 2.20 bits per heavy atom. The number of nitrogens with two attached hydrogens (primary N) is 1. The molecule has 0 unspecified atom stereocenters. The molecule has 0 aliphatic carbocycles. The Hall–Kier alpha value is -1.14. The zero-order chi connectivity index (χ0) is 15.1. The van der Waals surface area contributed by atoms with Crippen LogP contribution in [0.2, 0.25) is 0 Å². The SMILES string of the molecule is CC(C)Cc1ncc(B2OC(C)(C)C(C)(C)O2)c(N)n1. The summed E-state index contributed by atoms with van der Waals surface area (Å²) in [6, 6.07) is 0. The Morgan fingerprint density at radius 1 is 1.20 bits per heavy atom. The molecule has 0 bridgehead atoms. The highest BCUT2D eigenvalue weighted by molar-refractivity contribution is 6.63. The fourth-order valence-corrected chi connectivity index (χ4v) is 2.06. The molecule has 5 nitrogen and oxygen atoms in total. The molecule has 0 saturated carbocycles. The van der Waals surface area contributed by atoms with Crippen molar-refractivity contribution in [1.82, 2.24) is 9.97 Å². The molecule has 0 aromatic carbocycles. The highest BCUT2D eigenvalue weighted by Gasteiger charge is 2.52. The van der Waals surface area contributed by atoms with Crippen LogP contribution in [-0.2, 0) is 15.7 Å². The molecule has 1 saturated heterocycles. The van der Waals surface area contributed by atoms with Gasteiger partial charge in [0.2, 0.25) is 0 Å². The van der Waals surface area contributed by atoms with E-state index in [1.54, 1.807) is 6.20 Å². The molecular weight excluding hydrogens is 253 g/mol. The molecule has 1 aliphatic heterocycles. The zero-order valence-corrected chi connectivity index (χ0v) is 13.2. The fraction of sp³-hybridized carbons (Fsp3) is 0.714. The van der Waals surface area contributed by atoms with Gasteiger partial charge in [-0.1, -0.05) is 13.8 Å². The van der Waals surface area contributed by atoms with Crippen molar-refractivity contribution in [2.24, 2.45) is 5.92 Å². The van der Waals surface area contributed by atoms with Gasteiger partial charge in [0, 0.05) is 18.1 Å². The van der Waals surface area contributed by atoms with E-state index in [1.165, 1.54) is 0 Å². The molecule has 1 aliphatic rings. The second kappa shape index (κ2) is 5.00. The lowest BCUT2D eigenvalue weighted by Gasteiger charge is -2.32. The van der Waals surface area contributed by atoms with E-state index in [9.17, 15) is 0 Å². The van der Waals surface area contributed by atoms with Gasteiger partial charge < -0.3 is 15.0 Å². The van der Waals surface area contributed by atoms with Crippen molar-refractivity contribution in [3.63, 3.8) is 0 Å². The van der Waals surface area contributed by atoms with Crippen LogP contribution >= 0.6 is 0 Å². The Balaban J connectivity index is 2.23. The van der Waals surface area contributed by atoms with Crippen LogP contribution in [0.4, 0.5) is 5.82 Å². The number of aromatic nitrogens is 2. The van der Waals surface area contributed by atoms with Crippen LogP contribution in [0.25, 0.3) is 0 Å². The molecule has 0 atom stereocenters. The van der Waals surface area contributed by atoms with Gasteiger partial charge in [-0.15, -0.1) is 0 Å². The lowest BCUT2D eigenvalue weighted by molar-refractivity contribution is 0.00578. The normalized spacial score (nSPS) is 20.6. The van der Waals surface area contributed by atoms with Crippen molar-refractivity contribution in [1.29, 1.82) is 0 Å². The number of nitrogen functional groups attached to an aromatic ring is 1. The van der Waals surface area contributed by atoms with Gasteiger partial charge in [0.25, 0.3) is 0 Å². The quantitative estimate of drug-likeness (QED) is 0.849. The van der Waals surface area contributed by atoms with Crippen molar-refractivity contribution < 1.29 is 9.31 Å². The smallest absolute Gasteiger partial charge is 0.399 e. The maximum Gasteiger partial charge on any atom is 0.500 e. The van der Waals surface area contributed by atoms with Crippen molar-refractivity contribution in [2.75, 3.05) is 5.73 Å². The number of rotatable bonds is 3. The first kappa shape index (κ1) is 15.3. The van der Waals surface area contributed by atoms with Crippen molar-refractivity contribution in [3.8, 4) is 0 Å². The van der Waals surface area contributed by atoms with Gasteiger partial charge in [0.05, 0.1) is 11.2 Å². The average Bonchev–Trinajstić information content (AvgIpc) is 2.46. The summed E-state index contributed by atoms with van der Waals surface area (Å²) in [6.45, 7) is 12.3. The third-order valence-corrected chi connectivity index (χ3v) is 4.00. The molecule has 2 heterocycles. The van der Waals surface area contributed by atoms with E-state index in [2.05, 4.69) is 23.8 Å².